The number of benzene rings is 1. The monoisotopic (exact) mass is 351 g/mol. The summed E-state index contributed by atoms with van der Waals surface area (Å²) in [6.45, 7) is 2.41. The summed E-state index contributed by atoms with van der Waals surface area (Å²) in [7, 11) is 0. The molecule has 1 aromatic rings. The van der Waals surface area contributed by atoms with Crippen molar-refractivity contribution in [2.45, 2.75) is 13.8 Å². The molecule has 0 atom stereocenters. The topological polar surface area (TPSA) is 37.4 Å². The fraction of sp³-hybridized carbons (Fsp3) is 0.200. The molecule has 0 heterocycles. The maximum absolute atomic E-state index is 13.7. The van der Waals surface area contributed by atoms with E-state index in [-0.39, 0.29) is 5.69 Å². The lowest BCUT2D eigenvalue weighted by Gasteiger charge is -2.19. The van der Waals surface area contributed by atoms with Crippen LogP contribution in [0, 0.1) is 5.82 Å². The summed E-state index contributed by atoms with van der Waals surface area (Å²) in [4.78, 5) is 23.3. The van der Waals surface area contributed by atoms with E-state index >= 15 is 0 Å². The van der Waals surface area contributed by atoms with E-state index in [0.717, 1.165) is 4.90 Å². The zero-order chi connectivity index (χ0) is 12.5. The van der Waals surface area contributed by atoms with E-state index < -0.39 is 17.6 Å². The summed E-state index contributed by atoms with van der Waals surface area (Å²) in [6, 6.07) is 2.76. The van der Waals surface area contributed by atoms with Crippen molar-refractivity contribution in [3.8, 4) is 0 Å². The van der Waals surface area contributed by atoms with Gasteiger partial charge in [0.15, 0.2) is 0 Å². The molecule has 0 bridgehead atoms. The molecule has 0 unspecified atom stereocenters. The smallest absolute Gasteiger partial charge is 0.230 e. The Hall–Kier alpha value is -0.750. The van der Waals surface area contributed by atoms with Crippen molar-refractivity contribution in [2.24, 2.45) is 0 Å². The summed E-state index contributed by atoms with van der Waals surface area (Å²) in [6.07, 6.45) is 0. The minimum absolute atomic E-state index is 0.0665. The van der Waals surface area contributed by atoms with Crippen molar-refractivity contribution in [3.63, 3.8) is 0 Å². The predicted octanol–water partition coefficient (Wildman–Crippen LogP) is 3.25. The Bertz CT molecular complexity index is 425. The Labute approximate surface area is 109 Å². The molecule has 1 aromatic carbocycles. The molecule has 0 fully saturated rings. The number of carbonyl (C=O) groups excluding carboxylic acids is 2. The van der Waals surface area contributed by atoms with Gasteiger partial charge in [-0.3, -0.25) is 9.59 Å². The van der Waals surface area contributed by atoms with Crippen LogP contribution < -0.4 is 4.90 Å². The van der Waals surface area contributed by atoms with Crippen LogP contribution in [0.5, 0.6) is 0 Å². The molecule has 6 heteroatoms. The minimum atomic E-state index is -0.647. The number of amides is 2. The second kappa shape index (κ2) is 5.05. The van der Waals surface area contributed by atoms with E-state index in [9.17, 15) is 14.0 Å². The molecule has 0 saturated carbocycles. The zero-order valence-corrected chi connectivity index (χ0v) is 11.7. The lowest BCUT2D eigenvalue weighted by Crippen LogP contribution is -2.34. The minimum Gasteiger partial charge on any atom is -0.274 e. The van der Waals surface area contributed by atoms with Crippen LogP contribution in [0.4, 0.5) is 10.1 Å². The van der Waals surface area contributed by atoms with E-state index in [1.54, 1.807) is 6.07 Å². The number of hydrogen-bond donors (Lipinski definition) is 0. The van der Waals surface area contributed by atoms with Crippen LogP contribution in [0.1, 0.15) is 13.8 Å². The number of hydrogen-bond acceptors (Lipinski definition) is 2. The maximum Gasteiger partial charge on any atom is 0.230 e. The molecule has 16 heavy (non-hydrogen) atoms. The van der Waals surface area contributed by atoms with Crippen molar-refractivity contribution in [1.29, 1.82) is 0 Å². The van der Waals surface area contributed by atoms with Crippen molar-refractivity contribution in [2.75, 3.05) is 4.90 Å². The van der Waals surface area contributed by atoms with Crippen molar-refractivity contribution >= 4 is 49.4 Å². The third kappa shape index (κ3) is 2.68. The molecule has 0 radical (unpaired) electrons. The summed E-state index contributed by atoms with van der Waals surface area (Å²) < 4.78 is 14.5. The third-order valence-corrected chi connectivity index (χ3v) is 2.90. The quantitative estimate of drug-likeness (QED) is 0.778. The number of anilines is 1. The Balaban J connectivity index is 3.41. The van der Waals surface area contributed by atoms with Gasteiger partial charge in [-0.25, -0.2) is 9.29 Å². The first-order valence-electron chi connectivity index (χ1n) is 4.30. The van der Waals surface area contributed by atoms with Crippen LogP contribution in [-0.2, 0) is 9.59 Å². The first-order valence-corrected chi connectivity index (χ1v) is 5.89. The Morgan fingerprint density at radius 1 is 1.19 bits per heavy atom. The average Bonchev–Trinajstić information content (AvgIpc) is 2.09. The average molecular weight is 353 g/mol. The molecule has 0 spiro atoms. The number of rotatable bonds is 1. The fourth-order valence-corrected chi connectivity index (χ4v) is 2.64. The summed E-state index contributed by atoms with van der Waals surface area (Å²) >= 11 is 6.23. The molecule has 0 aliphatic carbocycles. The molecule has 0 aliphatic heterocycles. The summed E-state index contributed by atoms with van der Waals surface area (Å²) in [5.74, 6) is -1.71. The van der Waals surface area contributed by atoms with Crippen LogP contribution in [0.25, 0.3) is 0 Å². The van der Waals surface area contributed by atoms with Gasteiger partial charge in [-0.15, -0.1) is 0 Å². The van der Waals surface area contributed by atoms with Crippen molar-refractivity contribution in [1.82, 2.24) is 0 Å². The van der Waals surface area contributed by atoms with Crippen molar-refractivity contribution < 1.29 is 14.0 Å². The van der Waals surface area contributed by atoms with E-state index in [2.05, 4.69) is 31.9 Å². The lowest BCUT2D eigenvalue weighted by atomic mass is 10.2. The van der Waals surface area contributed by atoms with Gasteiger partial charge in [0, 0.05) is 22.8 Å². The molecule has 0 saturated heterocycles. The van der Waals surface area contributed by atoms with Gasteiger partial charge in [0.25, 0.3) is 0 Å². The van der Waals surface area contributed by atoms with Crippen LogP contribution in [-0.4, -0.2) is 11.8 Å². The molecule has 2 amide bonds. The van der Waals surface area contributed by atoms with E-state index in [1.165, 1.54) is 19.9 Å². The van der Waals surface area contributed by atoms with Gasteiger partial charge >= 0.3 is 0 Å². The molecule has 1 rings (SSSR count). The molecule has 3 nitrogen and oxygen atoms in total. The molecule has 0 aliphatic rings. The first kappa shape index (κ1) is 13.3. The normalized spacial score (nSPS) is 10.1. The van der Waals surface area contributed by atoms with E-state index in [1.807, 2.05) is 0 Å². The fourth-order valence-electron chi connectivity index (χ4n) is 1.28. The maximum atomic E-state index is 13.7. The SMILES string of the molecule is CC(=O)N(C(C)=O)c1c(F)cc(Br)cc1Br. The highest BCUT2D eigenvalue weighted by Gasteiger charge is 2.23. The highest BCUT2D eigenvalue weighted by Crippen LogP contribution is 2.32. The molecule has 86 valence electrons. The van der Waals surface area contributed by atoms with Crippen LogP contribution in [0.3, 0.4) is 0 Å². The largest absolute Gasteiger partial charge is 0.274 e. The summed E-state index contributed by atoms with van der Waals surface area (Å²) in [5, 5.41) is 0. The van der Waals surface area contributed by atoms with Gasteiger partial charge in [0.05, 0.1) is 0 Å². The molecular formula is C10H8Br2FNO2. The highest BCUT2D eigenvalue weighted by molar-refractivity contribution is 9.11. The van der Waals surface area contributed by atoms with Gasteiger partial charge < -0.3 is 0 Å². The Morgan fingerprint density at radius 2 is 1.69 bits per heavy atom. The number of imide groups is 1. The third-order valence-electron chi connectivity index (χ3n) is 1.84. The van der Waals surface area contributed by atoms with Crippen LogP contribution in [0.15, 0.2) is 21.1 Å². The standard InChI is InChI=1S/C10H8Br2FNO2/c1-5(15)14(6(2)16)10-8(12)3-7(11)4-9(10)13/h3-4H,1-2H3. The van der Waals surface area contributed by atoms with Gasteiger partial charge in [0.1, 0.15) is 11.5 Å². The summed E-state index contributed by atoms with van der Waals surface area (Å²) in [5.41, 5.74) is -0.0665. The van der Waals surface area contributed by atoms with E-state index in [4.69, 9.17) is 0 Å². The highest BCUT2D eigenvalue weighted by atomic mass is 79.9. The lowest BCUT2D eigenvalue weighted by molar-refractivity contribution is -0.124. The number of nitrogens with zero attached hydrogens (tertiary/aromatic N) is 1. The van der Waals surface area contributed by atoms with Gasteiger partial charge in [-0.2, -0.15) is 0 Å². The molecular weight excluding hydrogens is 345 g/mol. The van der Waals surface area contributed by atoms with Crippen LogP contribution in [0.2, 0.25) is 0 Å². The Morgan fingerprint density at radius 3 is 2.06 bits per heavy atom. The van der Waals surface area contributed by atoms with Gasteiger partial charge in [-0.1, -0.05) is 15.9 Å². The van der Waals surface area contributed by atoms with Gasteiger partial charge in [0.2, 0.25) is 11.8 Å². The zero-order valence-electron chi connectivity index (χ0n) is 8.55. The second-order valence-electron chi connectivity index (χ2n) is 3.09. The van der Waals surface area contributed by atoms with Crippen LogP contribution >= 0.6 is 31.9 Å². The van der Waals surface area contributed by atoms with Crippen molar-refractivity contribution in [3.05, 3.63) is 26.9 Å². The molecule has 0 aromatic heterocycles. The molecule has 0 N–H and O–H groups in total. The Kier molecular flexibility index (Phi) is 4.21. The number of halogens is 3. The predicted molar refractivity (Wildman–Crippen MR) is 65.6 cm³/mol. The van der Waals surface area contributed by atoms with Gasteiger partial charge in [-0.05, 0) is 28.1 Å². The second-order valence-corrected chi connectivity index (χ2v) is 4.86. The first-order chi connectivity index (χ1) is 7.34. The van der Waals surface area contributed by atoms with E-state index in [0.29, 0.717) is 8.95 Å². The number of carbonyl (C=O) groups is 2.